The topological polar surface area (TPSA) is 46.5 Å². The molecule has 3 nitrogen and oxygen atoms in total. The fraction of sp³-hybridized carbons (Fsp3) is 0.533. The second-order valence-corrected chi connectivity index (χ2v) is 4.84. The van der Waals surface area contributed by atoms with E-state index in [0.717, 1.165) is 18.6 Å². The van der Waals surface area contributed by atoms with Crippen LogP contribution < -0.4 is 4.74 Å². The molecule has 0 aliphatic heterocycles. The third kappa shape index (κ3) is 3.76. The standard InChI is InChI=1S/C15H20O3/c16-15(17)7-3-4-10-18-14-9-8-12-5-1-2-6-13(12)11-14/h8-9,11H,1-7,10H2,(H,16,17). The van der Waals surface area contributed by atoms with E-state index in [1.165, 1.54) is 30.4 Å². The average Bonchev–Trinajstić information content (AvgIpc) is 2.38. The number of benzene rings is 1. The maximum absolute atomic E-state index is 10.4. The molecular formula is C15H20O3. The predicted octanol–water partition coefficient (Wildman–Crippen LogP) is 3.20. The van der Waals surface area contributed by atoms with Gasteiger partial charge in [0, 0.05) is 6.42 Å². The molecule has 1 aliphatic rings. The van der Waals surface area contributed by atoms with Gasteiger partial charge in [-0.1, -0.05) is 6.07 Å². The number of unbranched alkanes of at least 4 members (excludes halogenated alkanes) is 1. The van der Waals surface area contributed by atoms with Gasteiger partial charge in [0.1, 0.15) is 5.75 Å². The van der Waals surface area contributed by atoms with Crippen molar-refractivity contribution in [1.29, 1.82) is 0 Å². The highest BCUT2D eigenvalue weighted by Gasteiger charge is 2.09. The van der Waals surface area contributed by atoms with Crippen LogP contribution in [0.2, 0.25) is 0 Å². The van der Waals surface area contributed by atoms with Gasteiger partial charge >= 0.3 is 5.97 Å². The first-order valence-corrected chi connectivity index (χ1v) is 6.72. The van der Waals surface area contributed by atoms with E-state index in [1.807, 2.05) is 6.07 Å². The summed E-state index contributed by atoms with van der Waals surface area (Å²) in [7, 11) is 0. The molecule has 0 aromatic heterocycles. The third-order valence-corrected chi connectivity index (χ3v) is 3.37. The van der Waals surface area contributed by atoms with Gasteiger partial charge in [0.2, 0.25) is 0 Å². The van der Waals surface area contributed by atoms with Crippen LogP contribution in [0.25, 0.3) is 0 Å². The average molecular weight is 248 g/mol. The van der Waals surface area contributed by atoms with Crippen LogP contribution in [0.5, 0.6) is 5.75 Å². The Kier molecular flexibility index (Phi) is 4.62. The molecule has 3 heteroatoms. The van der Waals surface area contributed by atoms with Gasteiger partial charge in [-0.05, 0) is 61.8 Å². The van der Waals surface area contributed by atoms with E-state index in [2.05, 4.69) is 12.1 Å². The predicted molar refractivity (Wildman–Crippen MR) is 70.1 cm³/mol. The molecule has 0 amide bonds. The van der Waals surface area contributed by atoms with Crippen molar-refractivity contribution in [2.24, 2.45) is 0 Å². The third-order valence-electron chi connectivity index (χ3n) is 3.37. The summed E-state index contributed by atoms with van der Waals surface area (Å²) >= 11 is 0. The van der Waals surface area contributed by atoms with Gasteiger partial charge in [-0.25, -0.2) is 0 Å². The van der Waals surface area contributed by atoms with Gasteiger partial charge in [-0.15, -0.1) is 0 Å². The Morgan fingerprint density at radius 3 is 2.72 bits per heavy atom. The van der Waals surface area contributed by atoms with Crippen LogP contribution in [0, 0.1) is 0 Å². The minimum atomic E-state index is -0.733. The summed E-state index contributed by atoms with van der Waals surface area (Å²) in [4.78, 5) is 10.4. The minimum Gasteiger partial charge on any atom is -0.494 e. The molecule has 0 atom stereocenters. The fourth-order valence-corrected chi connectivity index (χ4v) is 2.37. The van der Waals surface area contributed by atoms with E-state index in [9.17, 15) is 4.79 Å². The molecule has 18 heavy (non-hydrogen) atoms. The Hall–Kier alpha value is -1.51. The zero-order valence-electron chi connectivity index (χ0n) is 10.7. The van der Waals surface area contributed by atoms with Crippen molar-refractivity contribution in [2.45, 2.75) is 44.9 Å². The Morgan fingerprint density at radius 2 is 1.94 bits per heavy atom. The summed E-state index contributed by atoms with van der Waals surface area (Å²) < 4.78 is 5.66. The van der Waals surface area contributed by atoms with E-state index >= 15 is 0 Å². The lowest BCUT2D eigenvalue weighted by molar-refractivity contribution is -0.137. The SMILES string of the molecule is O=C(O)CCCCOc1ccc2c(c1)CCCC2. The molecular weight excluding hydrogens is 228 g/mol. The normalized spacial score (nSPS) is 14.0. The van der Waals surface area contributed by atoms with E-state index < -0.39 is 5.97 Å². The summed E-state index contributed by atoms with van der Waals surface area (Å²) in [5.41, 5.74) is 2.88. The maximum Gasteiger partial charge on any atom is 0.303 e. The molecule has 0 saturated heterocycles. The van der Waals surface area contributed by atoms with Crippen molar-refractivity contribution in [2.75, 3.05) is 6.61 Å². The summed E-state index contributed by atoms with van der Waals surface area (Å²) in [5, 5.41) is 8.52. The molecule has 1 aromatic carbocycles. The van der Waals surface area contributed by atoms with Crippen molar-refractivity contribution in [3.05, 3.63) is 29.3 Å². The lowest BCUT2D eigenvalue weighted by Crippen LogP contribution is -2.04. The van der Waals surface area contributed by atoms with E-state index in [4.69, 9.17) is 9.84 Å². The molecule has 0 spiro atoms. The monoisotopic (exact) mass is 248 g/mol. The Bertz CT molecular complexity index is 412. The number of aliphatic carboxylic acids is 1. The Morgan fingerprint density at radius 1 is 1.17 bits per heavy atom. The van der Waals surface area contributed by atoms with Gasteiger partial charge in [0.25, 0.3) is 0 Å². The number of ether oxygens (including phenoxy) is 1. The molecule has 2 rings (SSSR count). The molecule has 0 fully saturated rings. The number of fused-ring (bicyclic) bond motifs is 1. The van der Waals surface area contributed by atoms with Gasteiger partial charge < -0.3 is 9.84 Å². The minimum absolute atomic E-state index is 0.230. The number of aryl methyl sites for hydroxylation is 2. The van der Waals surface area contributed by atoms with Crippen molar-refractivity contribution in [3.63, 3.8) is 0 Å². The van der Waals surface area contributed by atoms with Crippen LogP contribution in [0.15, 0.2) is 18.2 Å². The van der Waals surface area contributed by atoms with Gasteiger partial charge in [0.15, 0.2) is 0 Å². The number of hydrogen-bond donors (Lipinski definition) is 1. The number of rotatable bonds is 6. The highest BCUT2D eigenvalue weighted by Crippen LogP contribution is 2.25. The van der Waals surface area contributed by atoms with E-state index in [0.29, 0.717) is 13.0 Å². The first-order chi connectivity index (χ1) is 8.75. The molecule has 0 heterocycles. The smallest absolute Gasteiger partial charge is 0.303 e. The lowest BCUT2D eigenvalue weighted by Gasteiger charge is -2.16. The zero-order chi connectivity index (χ0) is 12.8. The highest BCUT2D eigenvalue weighted by molar-refractivity contribution is 5.66. The summed E-state index contributed by atoms with van der Waals surface area (Å²) in [6.45, 7) is 0.603. The molecule has 0 saturated carbocycles. The molecule has 1 N–H and O–H groups in total. The highest BCUT2D eigenvalue weighted by atomic mass is 16.5. The second kappa shape index (κ2) is 6.43. The first kappa shape index (κ1) is 12.9. The molecule has 0 radical (unpaired) electrons. The number of carbonyl (C=O) groups is 1. The quantitative estimate of drug-likeness (QED) is 0.786. The van der Waals surface area contributed by atoms with E-state index in [-0.39, 0.29) is 6.42 Å². The van der Waals surface area contributed by atoms with Crippen molar-refractivity contribution in [3.8, 4) is 5.75 Å². The van der Waals surface area contributed by atoms with Crippen LogP contribution >= 0.6 is 0 Å². The largest absolute Gasteiger partial charge is 0.494 e. The van der Waals surface area contributed by atoms with Crippen LogP contribution in [0.4, 0.5) is 0 Å². The number of carboxylic acids is 1. The zero-order valence-corrected chi connectivity index (χ0v) is 10.7. The van der Waals surface area contributed by atoms with Crippen molar-refractivity contribution in [1.82, 2.24) is 0 Å². The van der Waals surface area contributed by atoms with Crippen molar-refractivity contribution < 1.29 is 14.6 Å². The summed E-state index contributed by atoms with van der Waals surface area (Å²) in [6, 6.07) is 6.34. The summed E-state index contributed by atoms with van der Waals surface area (Å²) in [5.74, 6) is 0.190. The van der Waals surface area contributed by atoms with Gasteiger partial charge in [-0.3, -0.25) is 4.79 Å². The molecule has 0 unspecified atom stereocenters. The van der Waals surface area contributed by atoms with Crippen LogP contribution in [0.1, 0.15) is 43.2 Å². The molecule has 1 aliphatic carbocycles. The first-order valence-electron chi connectivity index (χ1n) is 6.72. The van der Waals surface area contributed by atoms with Crippen molar-refractivity contribution >= 4 is 5.97 Å². The van der Waals surface area contributed by atoms with Gasteiger partial charge in [0.05, 0.1) is 6.61 Å². The van der Waals surface area contributed by atoms with Gasteiger partial charge in [-0.2, -0.15) is 0 Å². The Balaban J connectivity index is 1.77. The summed E-state index contributed by atoms with van der Waals surface area (Å²) in [6.07, 6.45) is 6.62. The number of hydrogen-bond acceptors (Lipinski definition) is 2. The molecule has 98 valence electrons. The van der Waals surface area contributed by atoms with E-state index in [1.54, 1.807) is 0 Å². The molecule has 0 bridgehead atoms. The number of carboxylic acid groups (broad SMARTS) is 1. The second-order valence-electron chi connectivity index (χ2n) is 4.84. The lowest BCUT2D eigenvalue weighted by atomic mass is 9.92. The maximum atomic E-state index is 10.4. The van der Waals surface area contributed by atoms with Crippen LogP contribution in [-0.2, 0) is 17.6 Å². The Labute approximate surface area is 108 Å². The van der Waals surface area contributed by atoms with Crippen LogP contribution in [-0.4, -0.2) is 17.7 Å². The fourth-order valence-electron chi connectivity index (χ4n) is 2.37. The molecule has 1 aromatic rings. The van der Waals surface area contributed by atoms with Crippen LogP contribution in [0.3, 0.4) is 0 Å².